The summed E-state index contributed by atoms with van der Waals surface area (Å²) in [4.78, 5) is 4.03. The average molecular weight is 356 g/mol. The number of oxime groups is 1. The van der Waals surface area contributed by atoms with Crippen molar-refractivity contribution in [2.24, 2.45) is 5.16 Å². The van der Waals surface area contributed by atoms with Crippen LogP contribution in [0.2, 0.25) is 0 Å². The zero-order valence-electron chi connectivity index (χ0n) is 13.4. The Morgan fingerprint density at radius 1 is 1.20 bits per heavy atom. The van der Waals surface area contributed by atoms with Crippen LogP contribution in [-0.4, -0.2) is 28.3 Å². The minimum Gasteiger partial charge on any atom is -0.410 e. The van der Waals surface area contributed by atoms with Gasteiger partial charge in [-0.2, -0.15) is 0 Å². The molecule has 0 atom stereocenters. The van der Waals surface area contributed by atoms with E-state index in [9.17, 15) is 13.6 Å². The summed E-state index contributed by atoms with van der Waals surface area (Å²) in [6.45, 7) is 4.88. The standard InChI is InChI=1S/C17H16N4O3S/c1-11(2)25(23,24)21-15-10-13(8-9-14(15)19-17(21)18)16(20-22)12-6-4-3-5-7-12/h3-10,22H,1H2,2H3,(H2,18,19). The van der Waals surface area contributed by atoms with Crippen molar-refractivity contribution in [2.75, 3.05) is 5.73 Å². The van der Waals surface area contributed by atoms with E-state index in [1.165, 1.54) is 6.92 Å². The average Bonchev–Trinajstić information content (AvgIpc) is 2.92. The quantitative estimate of drug-likeness (QED) is 0.424. The Hall–Kier alpha value is -3.13. The first-order valence-electron chi connectivity index (χ1n) is 7.33. The van der Waals surface area contributed by atoms with Gasteiger partial charge in [-0.25, -0.2) is 17.4 Å². The molecule has 8 heteroatoms. The van der Waals surface area contributed by atoms with Gasteiger partial charge in [0.25, 0.3) is 10.0 Å². The third-order valence-electron chi connectivity index (χ3n) is 3.74. The highest BCUT2D eigenvalue weighted by Crippen LogP contribution is 2.25. The molecule has 7 nitrogen and oxygen atoms in total. The smallest absolute Gasteiger partial charge is 0.266 e. The van der Waals surface area contributed by atoms with Crippen LogP contribution in [0.4, 0.5) is 5.95 Å². The monoisotopic (exact) mass is 356 g/mol. The Balaban J connectivity index is 2.26. The fraction of sp³-hybridized carbons (Fsp3) is 0.0588. The van der Waals surface area contributed by atoms with Gasteiger partial charge in [0, 0.05) is 11.1 Å². The number of benzene rings is 2. The molecule has 0 spiro atoms. The summed E-state index contributed by atoms with van der Waals surface area (Å²) in [5.74, 6) is -0.155. The van der Waals surface area contributed by atoms with Gasteiger partial charge in [-0.1, -0.05) is 48.1 Å². The number of hydrogen-bond donors (Lipinski definition) is 2. The molecule has 0 aliphatic rings. The highest BCUT2D eigenvalue weighted by molar-refractivity contribution is 7.94. The summed E-state index contributed by atoms with van der Waals surface area (Å²) in [7, 11) is -3.87. The lowest BCUT2D eigenvalue weighted by molar-refractivity contribution is 0.319. The van der Waals surface area contributed by atoms with E-state index in [-0.39, 0.29) is 16.4 Å². The number of hydrogen-bond acceptors (Lipinski definition) is 6. The van der Waals surface area contributed by atoms with Crippen molar-refractivity contribution in [3.63, 3.8) is 0 Å². The summed E-state index contributed by atoms with van der Waals surface area (Å²) in [6.07, 6.45) is 0. The SMILES string of the molecule is C=C(C)S(=O)(=O)n1c(N)nc2ccc(C(=NO)c3ccccc3)cc21. The molecule has 1 heterocycles. The van der Waals surface area contributed by atoms with Crippen molar-refractivity contribution < 1.29 is 13.6 Å². The molecular formula is C17H16N4O3S. The van der Waals surface area contributed by atoms with Gasteiger partial charge in [-0.05, 0) is 19.1 Å². The molecule has 2 aromatic carbocycles. The van der Waals surface area contributed by atoms with Crippen molar-refractivity contribution >= 4 is 32.7 Å². The van der Waals surface area contributed by atoms with Gasteiger partial charge >= 0.3 is 0 Å². The van der Waals surface area contributed by atoms with Crippen LogP contribution in [0.1, 0.15) is 18.1 Å². The highest BCUT2D eigenvalue weighted by Gasteiger charge is 2.22. The topological polar surface area (TPSA) is 111 Å². The number of aromatic nitrogens is 2. The zero-order valence-corrected chi connectivity index (χ0v) is 14.2. The molecule has 0 saturated heterocycles. The van der Waals surface area contributed by atoms with Crippen LogP contribution in [0.3, 0.4) is 0 Å². The van der Waals surface area contributed by atoms with Crippen molar-refractivity contribution in [1.29, 1.82) is 0 Å². The van der Waals surface area contributed by atoms with Gasteiger partial charge in [0.2, 0.25) is 5.95 Å². The zero-order chi connectivity index (χ0) is 18.2. The van der Waals surface area contributed by atoms with Gasteiger partial charge in [-0.15, -0.1) is 0 Å². The summed E-state index contributed by atoms with van der Waals surface area (Å²) in [6, 6.07) is 13.9. The number of nitrogens with zero attached hydrogens (tertiary/aromatic N) is 3. The minimum absolute atomic E-state index is 0.0528. The van der Waals surface area contributed by atoms with E-state index < -0.39 is 10.0 Å². The normalized spacial score (nSPS) is 12.4. The Morgan fingerprint density at radius 3 is 2.48 bits per heavy atom. The second kappa shape index (κ2) is 6.06. The first kappa shape index (κ1) is 16.7. The molecule has 128 valence electrons. The van der Waals surface area contributed by atoms with Crippen LogP contribution in [0.15, 0.2) is 65.2 Å². The molecule has 3 aromatic rings. The molecule has 0 fully saturated rings. The van der Waals surface area contributed by atoms with E-state index in [1.807, 2.05) is 18.2 Å². The van der Waals surface area contributed by atoms with Gasteiger partial charge in [0.15, 0.2) is 0 Å². The lowest BCUT2D eigenvalue weighted by atomic mass is 10.0. The van der Waals surface area contributed by atoms with Gasteiger partial charge < -0.3 is 10.9 Å². The Kier molecular flexibility index (Phi) is 4.05. The van der Waals surface area contributed by atoms with Crippen LogP contribution in [0, 0.1) is 0 Å². The Morgan fingerprint density at radius 2 is 1.88 bits per heavy atom. The van der Waals surface area contributed by atoms with E-state index in [0.29, 0.717) is 22.4 Å². The summed E-state index contributed by atoms with van der Waals surface area (Å²) in [5.41, 5.74) is 8.02. The minimum atomic E-state index is -3.87. The molecule has 3 N–H and O–H groups in total. The predicted molar refractivity (Wildman–Crippen MR) is 97.1 cm³/mol. The summed E-state index contributed by atoms with van der Waals surface area (Å²) in [5, 5.41) is 12.8. The first-order chi connectivity index (χ1) is 11.9. The van der Waals surface area contributed by atoms with Crippen LogP contribution in [0.5, 0.6) is 0 Å². The Labute approximate surface area is 144 Å². The lowest BCUT2D eigenvalue weighted by Crippen LogP contribution is -2.15. The van der Waals surface area contributed by atoms with E-state index in [2.05, 4.69) is 16.7 Å². The fourth-order valence-corrected chi connectivity index (χ4v) is 3.51. The maximum absolute atomic E-state index is 12.5. The lowest BCUT2D eigenvalue weighted by Gasteiger charge is -2.09. The van der Waals surface area contributed by atoms with Gasteiger partial charge in [0.05, 0.1) is 15.9 Å². The number of imidazole rings is 1. The van der Waals surface area contributed by atoms with Crippen LogP contribution in [-0.2, 0) is 10.0 Å². The molecule has 0 saturated carbocycles. The molecule has 3 rings (SSSR count). The van der Waals surface area contributed by atoms with Crippen molar-refractivity contribution in [1.82, 2.24) is 8.96 Å². The summed E-state index contributed by atoms with van der Waals surface area (Å²) < 4.78 is 26.0. The van der Waals surface area contributed by atoms with Crippen molar-refractivity contribution in [3.05, 3.63) is 71.1 Å². The van der Waals surface area contributed by atoms with E-state index >= 15 is 0 Å². The third kappa shape index (κ3) is 2.76. The predicted octanol–water partition coefficient (Wildman–Crippen LogP) is 2.56. The number of allylic oxidation sites excluding steroid dienone is 1. The third-order valence-corrected chi connectivity index (χ3v) is 5.48. The maximum Gasteiger partial charge on any atom is 0.266 e. The molecular weight excluding hydrogens is 340 g/mol. The largest absolute Gasteiger partial charge is 0.410 e. The number of anilines is 1. The fourth-order valence-electron chi connectivity index (χ4n) is 2.51. The second-order valence-corrected chi connectivity index (χ2v) is 7.47. The van der Waals surface area contributed by atoms with E-state index in [4.69, 9.17) is 5.73 Å². The van der Waals surface area contributed by atoms with Crippen molar-refractivity contribution in [2.45, 2.75) is 6.92 Å². The molecule has 0 aliphatic heterocycles. The highest BCUT2D eigenvalue weighted by atomic mass is 32.2. The number of rotatable bonds is 4. The Bertz CT molecular complexity index is 1100. The van der Waals surface area contributed by atoms with Gasteiger partial charge in [0.1, 0.15) is 5.71 Å². The molecule has 0 bridgehead atoms. The van der Waals surface area contributed by atoms with E-state index in [0.717, 1.165) is 3.97 Å². The number of nitrogens with two attached hydrogens (primary N) is 1. The van der Waals surface area contributed by atoms with Gasteiger partial charge in [-0.3, -0.25) is 0 Å². The molecule has 25 heavy (non-hydrogen) atoms. The maximum atomic E-state index is 12.5. The molecule has 0 aliphatic carbocycles. The number of fused-ring (bicyclic) bond motifs is 1. The van der Waals surface area contributed by atoms with Crippen molar-refractivity contribution in [3.8, 4) is 0 Å². The second-order valence-electron chi connectivity index (χ2n) is 5.46. The molecule has 0 amide bonds. The van der Waals surface area contributed by atoms with Crippen LogP contribution in [0.25, 0.3) is 11.0 Å². The summed E-state index contributed by atoms with van der Waals surface area (Å²) >= 11 is 0. The molecule has 0 radical (unpaired) electrons. The number of nitrogen functional groups attached to an aromatic ring is 1. The van der Waals surface area contributed by atoms with E-state index in [1.54, 1.807) is 30.3 Å². The molecule has 0 unspecified atom stereocenters. The molecule has 1 aromatic heterocycles. The van der Waals surface area contributed by atoms with Crippen LogP contribution >= 0.6 is 0 Å². The van der Waals surface area contributed by atoms with Crippen LogP contribution < -0.4 is 5.73 Å². The first-order valence-corrected chi connectivity index (χ1v) is 8.77.